The van der Waals surface area contributed by atoms with Gasteiger partial charge >= 0.3 is 6.09 Å². The molecule has 0 radical (unpaired) electrons. The van der Waals surface area contributed by atoms with Crippen LogP contribution >= 0.6 is 0 Å². The number of aromatic nitrogens is 4. The maximum Gasteiger partial charge on any atom is 0.411 e. The average molecular weight is 489 g/mol. The van der Waals surface area contributed by atoms with E-state index in [9.17, 15) is 4.79 Å². The smallest absolute Gasteiger partial charge is 0.411 e. The van der Waals surface area contributed by atoms with Crippen molar-refractivity contribution in [1.29, 1.82) is 0 Å². The number of rotatable bonds is 4. The quantitative estimate of drug-likeness (QED) is 0.531. The molecule has 9 heteroatoms. The zero-order valence-corrected chi connectivity index (χ0v) is 21.3. The van der Waals surface area contributed by atoms with Crippen molar-refractivity contribution in [2.45, 2.75) is 70.7 Å². The number of anilines is 1. The first-order valence-electron chi connectivity index (χ1n) is 12.6. The zero-order valence-electron chi connectivity index (χ0n) is 21.3. The molecule has 1 aliphatic carbocycles. The molecule has 1 amide bonds. The van der Waals surface area contributed by atoms with Crippen LogP contribution in [-0.4, -0.2) is 61.2 Å². The lowest BCUT2D eigenvalue weighted by molar-refractivity contribution is 0.00539. The lowest BCUT2D eigenvalue weighted by Crippen LogP contribution is -2.50. The predicted octanol–water partition coefficient (Wildman–Crippen LogP) is 4.59. The largest absolute Gasteiger partial charge is 0.472 e. The van der Waals surface area contributed by atoms with Gasteiger partial charge in [0.25, 0.3) is 0 Å². The molecular weight excluding hydrogens is 456 g/mol. The van der Waals surface area contributed by atoms with Crippen molar-refractivity contribution in [3.8, 4) is 22.7 Å². The Hall–Kier alpha value is -3.62. The summed E-state index contributed by atoms with van der Waals surface area (Å²) in [5.41, 5.74) is 3.46. The third kappa shape index (κ3) is 4.16. The number of carbonyl (C=O) groups excluding carboxylic acids is 1. The molecule has 188 valence electrons. The highest BCUT2D eigenvalue weighted by molar-refractivity contribution is 5.76. The number of nitrogens with zero attached hydrogens (tertiary/aromatic N) is 6. The monoisotopic (exact) mass is 488 g/mol. The van der Waals surface area contributed by atoms with Crippen molar-refractivity contribution in [2.75, 3.05) is 18.0 Å². The maximum atomic E-state index is 13.1. The highest BCUT2D eigenvalue weighted by Gasteiger charge is 2.51. The molecule has 0 bridgehead atoms. The van der Waals surface area contributed by atoms with Crippen molar-refractivity contribution in [3.05, 3.63) is 48.3 Å². The van der Waals surface area contributed by atoms with Crippen LogP contribution in [0.15, 0.2) is 42.7 Å². The van der Waals surface area contributed by atoms with Gasteiger partial charge in [-0.3, -0.25) is 4.90 Å². The van der Waals surface area contributed by atoms with Gasteiger partial charge in [-0.25, -0.2) is 4.79 Å². The number of hydrogen-bond acceptors (Lipinski definition) is 7. The van der Waals surface area contributed by atoms with Crippen LogP contribution in [0.4, 0.5) is 10.6 Å². The fourth-order valence-corrected chi connectivity index (χ4v) is 5.21. The minimum Gasteiger partial charge on any atom is -0.472 e. The first kappa shape index (κ1) is 22.8. The van der Waals surface area contributed by atoms with E-state index in [1.165, 1.54) is 0 Å². The van der Waals surface area contributed by atoms with Crippen LogP contribution in [0.5, 0.6) is 5.88 Å². The molecule has 0 N–H and O–H groups in total. The first-order valence-corrected chi connectivity index (χ1v) is 12.6. The molecule has 4 heterocycles. The van der Waals surface area contributed by atoms with Gasteiger partial charge in [-0.1, -0.05) is 6.07 Å². The van der Waals surface area contributed by atoms with Gasteiger partial charge in [0, 0.05) is 24.2 Å². The molecule has 1 saturated carbocycles. The normalized spacial score (nSPS) is 19.8. The second-order valence-corrected chi connectivity index (χ2v) is 11.2. The predicted molar refractivity (Wildman–Crippen MR) is 135 cm³/mol. The van der Waals surface area contributed by atoms with Gasteiger partial charge in [0.1, 0.15) is 18.0 Å². The third-order valence-corrected chi connectivity index (χ3v) is 7.24. The summed E-state index contributed by atoms with van der Waals surface area (Å²) >= 11 is 0. The Bertz CT molecular complexity index is 1300. The molecule has 1 aromatic carbocycles. The Morgan fingerprint density at radius 3 is 2.61 bits per heavy atom. The lowest BCUT2D eigenvalue weighted by Gasteiger charge is -2.36. The summed E-state index contributed by atoms with van der Waals surface area (Å²) in [4.78, 5) is 23.9. The molecule has 36 heavy (non-hydrogen) atoms. The number of benzene rings is 1. The summed E-state index contributed by atoms with van der Waals surface area (Å²) in [6.07, 6.45) is 6.05. The molecule has 6 rings (SSSR count). The maximum absolute atomic E-state index is 13.1. The average Bonchev–Trinajstić information content (AvgIpc) is 3.22. The van der Waals surface area contributed by atoms with E-state index in [-0.39, 0.29) is 17.7 Å². The highest BCUT2D eigenvalue weighted by Crippen LogP contribution is 2.45. The van der Waals surface area contributed by atoms with Crippen molar-refractivity contribution in [3.63, 3.8) is 0 Å². The Morgan fingerprint density at radius 1 is 1.14 bits per heavy atom. The first-order chi connectivity index (χ1) is 17.2. The van der Waals surface area contributed by atoms with Crippen LogP contribution in [0.2, 0.25) is 0 Å². The fraction of sp³-hybridized carbons (Fsp3) is 0.481. The molecule has 0 spiro atoms. The second kappa shape index (κ2) is 8.21. The van der Waals surface area contributed by atoms with Gasteiger partial charge in [-0.05, 0) is 82.3 Å². The summed E-state index contributed by atoms with van der Waals surface area (Å²) in [5.74, 6) is 1.52. The van der Waals surface area contributed by atoms with Gasteiger partial charge < -0.3 is 14.4 Å². The van der Waals surface area contributed by atoms with Crippen molar-refractivity contribution in [1.82, 2.24) is 24.9 Å². The minimum absolute atomic E-state index is 0.0983. The van der Waals surface area contributed by atoms with Gasteiger partial charge in [-0.15, -0.1) is 0 Å². The third-order valence-electron chi connectivity index (χ3n) is 7.24. The summed E-state index contributed by atoms with van der Waals surface area (Å²) in [6, 6.07) is 10.4. The van der Waals surface area contributed by atoms with Gasteiger partial charge in [0.2, 0.25) is 5.88 Å². The van der Waals surface area contributed by atoms with Crippen LogP contribution in [-0.2, 0) is 11.3 Å². The van der Waals surface area contributed by atoms with Gasteiger partial charge in [0.15, 0.2) is 0 Å². The Labute approximate surface area is 211 Å². The van der Waals surface area contributed by atoms with E-state index >= 15 is 0 Å². The molecule has 2 fully saturated rings. The summed E-state index contributed by atoms with van der Waals surface area (Å²) in [6.45, 7) is 9.94. The van der Waals surface area contributed by atoms with E-state index < -0.39 is 5.60 Å². The van der Waals surface area contributed by atoms with E-state index in [0.717, 1.165) is 60.5 Å². The zero-order chi connectivity index (χ0) is 25.1. The van der Waals surface area contributed by atoms with E-state index in [1.807, 2.05) is 31.7 Å². The Morgan fingerprint density at radius 2 is 1.89 bits per heavy atom. The molecule has 2 aliphatic heterocycles. The number of amides is 1. The summed E-state index contributed by atoms with van der Waals surface area (Å²) in [5, 5.41) is 8.43. The van der Waals surface area contributed by atoms with Gasteiger partial charge in [0.05, 0.1) is 24.1 Å². The van der Waals surface area contributed by atoms with Crippen LogP contribution in [0.3, 0.4) is 0 Å². The van der Waals surface area contributed by atoms with E-state index in [1.54, 1.807) is 17.2 Å². The molecule has 1 unspecified atom stereocenters. The molecule has 1 saturated heterocycles. The standard InChI is InChI=1S/C27H32N6O3/c1-26(2,3)36-25(34)32(27(4)10-11-27)20-9-14-31(16-20)23-8-7-22-21-6-5-19(33-28-12-13-29-33)15-18(21)17-35-24(22)30-23/h5-8,12-13,15,20H,9-11,14,16-17H2,1-4H3. The lowest BCUT2D eigenvalue weighted by atomic mass is 9.98. The second-order valence-electron chi connectivity index (χ2n) is 11.2. The van der Waals surface area contributed by atoms with Crippen LogP contribution in [0.1, 0.15) is 52.5 Å². The molecular formula is C27H32N6O3. The number of pyridine rings is 1. The van der Waals surface area contributed by atoms with Crippen molar-refractivity contribution >= 4 is 11.9 Å². The molecule has 1 atom stereocenters. The van der Waals surface area contributed by atoms with Crippen molar-refractivity contribution < 1.29 is 14.3 Å². The molecule has 3 aromatic rings. The van der Waals surface area contributed by atoms with E-state index in [4.69, 9.17) is 14.5 Å². The Balaban J connectivity index is 1.21. The summed E-state index contributed by atoms with van der Waals surface area (Å²) in [7, 11) is 0. The van der Waals surface area contributed by atoms with Crippen LogP contribution in [0.25, 0.3) is 16.8 Å². The fourth-order valence-electron chi connectivity index (χ4n) is 5.21. The minimum atomic E-state index is -0.512. The van der Waals surface area contributed by atoms with E-state index in [0.29, 0.717) is 12.5 Å². The number of hydrogen-bond donors (Lipinski definition) is 0. The van der Waals surface area contributed by atoms with Crippen LogP contribution < -0.4 is 9.64 Å². The van der Waals surface area contributed by atoms with E-state index in [2.05, 4.69) is 46.3 Å². The molecule has 3 aliphatic rings. The summed E-state index contributed by atoms with van der Waals surface area (Å²) < 4.78 is 11.9. The highest BCUT2D eigenvalue weighted by atomic mass is 16.6. The SMILES string of the molecule is CC(C)(C)OC(=O)N(C1CCN(c2ccc3c(n2)OCc2cc(-n4nccn4)ccc2-3)C1)C1(C)CC1. The molecule has 9 nitrogen and oxygen atoms in total. The topological polar surface area (TPSA) is 85.6 Å². The number of fused-ring (bicyclic) bond motifs is 3. The van der Waals surface area contributed by atoms with Crippen molar-refractivity contribution in [2.24, 2.45) is 0 Å². The molecule has 2 aromatic heterocycles. The van der Waals surface area contributed by atoms with Crippen LogP contribution in [0, 0.1) is 0 Å². The number of carbonyl (C=O) groups is 1. The number of ether oxygens (including phenoxy) is 2. The van der Waals surface area contributed by atoms with Gasteiger partial charge in [-0.2, -0.15) is 20.0 Å². The Kier molecular flexibility index (Phi) is 5.21.